The molecule has 3 fully saturated rings. The van der Waals surface area contributed by atoms with Gasteiger partial charge in [-0.25, -0.2) is 0 Å². The summed E-state index contributed by atoms with van der Waals surface area (Å²) in [6.07, 6.45) is -8.27. The summed E-state index contributed by atoms with van der Waals surface area (Å²) in [6, 6.07) is 4.70. The summed E-state index contributed by atoms with van der Waals surface area (Å²) >= 11 is 6.76. The molecule has 0 unspecified atom stereocenters. The van der Waals surface area contributed by atoms with Gasteiger partial charge < -0.3 is 74.6 Å². The van der Waals surface area contributed by atoms with Gasteiger partial charge >= 0.3 is 5.97 Å². The molecule has 3 aliphatic rings. The van der Waals surface area contributed by atoms with Gasteiger partial charge in [0.1, 0.15) is 41.1 Å². The first-order valence-electron chi connectivity index (χ1n) is 24.4. The Balaban J connectivity index is 0.00000346. The van der Waals surface area contributed by atoms with Crippen molar-refractivity contribution in [1.82, 2.24) is 23.9 Å². The third-order valence-corrected chi connectivity index (χ3v) is 15.3. The topological polar surface area (TPSA) is 267 Å². The van der Waals surface area contributed by atoms with Gasteiger partial charge in [0.05, 0.1) is 59.0 Å². The van der Waals surface area contributed by atoms with Gasteiger partial charge in [-0.1, -0.05) is 26.8 Å². The number of nitrogens with one attached hydrogen (secondary N) is 2. The van der Waals surface area contributed by atoms with Crippen LogP contribution < -0.4 is 10.6 Å². The SMILES string of the molecule is CC[C@H]1OC(=O)[C@H](C)[C@@H](O[C@H]2C[C@@](C)(OC)[C@@H](O)[C@H](C)O2)[C@H](C)[C@@H](O[C@@H]2O[C@H](C)C[C@H](N(C)C)[C@H]2O)[C@](C)(O)C[C@@H](C)CN(CCCNC(=S)Nc2cccc3nsnc23)[C@H](C)[C@@H](O)[C@]1(C)O.O=CO. The lowest BCUT2D eigenvalue weighted by atomic mass is 9.77. The van der Waals surface area contributed by atoms with Crippen LogP contribution in [0.15, 0.2) is 18.2 Å². The number of methoxy groups -OCH3 is 1. The molecule has 18 atom stereocenters. The smallest absolute Gasteiger partial charge is 0.311 e. The molecule has 70 heavy (non-hydrogen) atoms. The van der Waals surface area contributed by atoms with Crippen molar-refractivity contribution in [3.8, 4) is 0 Å². The summed E-state index contributed by atoms with van der Waals surface area (Å²) in [7, 11) is 5.27. The lowest BCUT2D eigenvalue weighted by molar-refractivity contribution is -0.318. The van der Waals surface area contributed by atoms with Gasteiger partial charge in [0.2, 0.25) is 0 Å². The molecule has 1 aromatic heterocycles. The molecule has 5 rings (SSSR count). The number of esters is 1. The maximum Gasteiger partial charge on any atom is 0.311 e. The minimum Gasteiger partial charge on any atom is -0.483 e. The number of nitrogens with zero attached hydrogens (tertiary/aromatic N) is 4. The third kappa shape index (κ3) is 14.7. The predicted octanol–water partition coefficient (Wildman–Crippen LogP) is 3.35. The number of hydrogen-bond donors (Lipinski definition) is 8. The highest BCUT2D eigenvalue weighted by molar-refractivity contribution is 7.80. The van der Waals surface area contributed by atoms with E-state index in [1.165, 1.54) is 14.0 Å². The Morgan fingerprint density at radius 1 is 1.03 bits per heavy atom. The number of benzene rings is 1. The molecular weight excluding hydrogens is 949 g/mol. The van der Waals surface area contributed by atoms with E-state index in [0.29, 0.717) is 37.6 Å². The van der Waals surface area contributed by atoms with Gasteiger partial charge in [0, 0.05) is 51.2 Å². The molecular formula is C48H82N6O14S2. The van der Waals surface area contributed by atoms with Gasteiger partial charge in [0.25, 0.3) is 6.47 Å². The summed E-state index contributed by atoms with van der Waals surface area (Å²) in [4.78, 5) is 26.9. The predicted molar refractivity (Wildman–Crippen MR) is 268 cm³/mol. The van der Waals surface area contributed by atoms with Crippen LogP contribution in [0.3, 0.4) is 0 Å². The van der Waals surface area contributed by atoms with Crippen molar-refractivity contribution in [2.45, 2.75) is 192 Å². The summed E-state index contributed by atoms with van der Waals surface area (Å²) in [5.74, 6) is -2.81. The fourth-order valence-corrected chi connectivity index (χ4v) is 11.2. The lowest BCUT2D eigenvalue weighted by Gasteiger charge is -2.48. The van der Waals surface area contributed by atoms with Crippen molar-refractivity contribution < 1.29 is 68.6 Å². The van der Waals surface area contributed by atoms with Crippen molar-refractivity contribution in [2.75, 3.05) is 46.2 Å². The summed E-state index contributed by atoms with van der Waals surface area (Å²) in [5, 5.41) is 73.8. The van der Waals surface area contributed by atoms with Crippen molar-refractivity contribution >= 4 is 58.2 Å². The van der Waals surface area contributed by atoms with Crippen LogP contribution in [0.4, 0.5) is 5.69 Å². The second-order valence-electron chi connectivity index (χ2n) is 20.5. The van der Waals surface area contributed by atoms with Crippen molar-refractivity contribution in [3.63, 3.8) is 0 Å². The number of likely N-dealkylation sites (N-methyl/N-ethyl adjacent to an activating group) is 1. The average Bonchev–Trinajstić information content (AvgIpc) is 3.79. The number of carbonyl (C=O) groups is 2. The highest BCUT2D eigenvalue weighted by Gasteiger charge is 2.53. The maximum absolute atomic E-state index is 14.6. The molecule has 0 radical (unpaired) electrons. The van der Waals surface area contributed by atoms with E-state index in [4.69, 9.17) is 50.5 Å². The van der Waals surface area contributed by atoms with Gasteiger partial charge in [-0.3, -0.25) is 14.5 Å². The molecule has 0 saturated carbocycles. The zero-order valence-corrected chi connectivity index (χ0v) is 44.8. The lowest BCUT2D eigenvalue weighted by Crippen LogP contribution is -2.60. The highest BCUT2D eigenvalue weighted by Crippen LogP contribution is 2.40. The number of cyclic esters (lactones) is 1. The van der Waals surface area contributed by atoms with E-state index < -0.39 is 96.0 Å². The average molecular weight is 1030 g/mol. The van der Waals surface area contributed by atoms with Crippen LogP contribution >= 0.6 is 23.9 Å². The standard InChI is InChI=1S/C47H80N6O12S2.CH2O2/c1-14-34-47(10,59)39(55)29(6)53(20-16-19-48-44(66)49-31-17-15-18-32-36(31)51-67-50-32)24-25(2)22-45(8,58)41(65-43-37(54)33(52(11)12)21-26(3)61-43)27(4)38(28(5)42(57)63-34)64-35-23-46(9,60-13)40(56)30(7)62-35;2-1-3/h15,17-18,25-30,33-35,37-41,43,54-56,58-59H,14,16,19-24H2,1-13H3,(H2,48,49,66);1H,(H,2,3)/t25-,26-,27+,28-,29-,30+,33+,34-,35+,37-,38+,39-,40+,41-,43+,45-,46-,47-;/m1./s1. The summed E-state index contributed by atoms with van der Waals surface area (Å²) < 4.78 is 46.8. The van der Waals surface area contributed by atoms with Crippen molar-refractivity contribution in [3.05, 3.63) is 18.2 Å². The van der Waals surface area contributed by atoms with E-state index in [1.54, 1.807) is 34.6 Å². The molecule has 400 valence electrons. The molecule has 0 bridgehead atoms. The second-order valence-corrected chi connectivity index (χ2v) is 21.4. The number of aliphatic hydroxyl groups excluding tert-OH is 3. The molecule has 1 aromatic carbocycles. The Kier molecular flexibility index (Phi) is 22.1. The molecule has 20 nitrogen and oxygen atoms in total. The number of aliphatic hydroxyl groups is 5. The molecule has 3 saturated heterocycles. The number of rotatable bonds is 12. The zero-order chi connectivity index (χ0) is 52.5. The van der Waals surface area contributed by atoms with Gasteiger partial charge in [-0.15, -0.1) is 0 Å². The Morgan fingerprint density at radius 3 is 2.33 bits per heavy atom. The van der Waals surface area contributed by atoms with Gasteiger partial charge in [0.15, 0.2) is 17.7 Å². The van der Waals surface area contributed by atoms with Crippen LogP contribution in [0.25, 0.3) is 11.0 Å². The van der Waals surface area contributed by atoms with E-state index in [9.17, 15) is 30.3 Å². The Hall–Kier alpha value is -2.81. The number of anilines is 1. The number of hydrogen-bond acceptors (Lipinski definition) is 19. The van der Waals surface area contributed by atoms with Crippen LogP contribution in [0, 0.1) is 17.8 Å². The number of fused-ring (bicyclic) bond motifs is 1. The van der Waals surface area contributed by atoms with Crippen LogP contribution in [-0.4, -0.2) is 198 Å². The molecule has 0 spiro atoms. The Labute approximate surface area is 423 Å². The van der Waals surface area contributed by atoms with Crippen molar-refractivity contribution in [2.24, 2.45) is 17.8 Å². The number of carbonyl (C=O) groups excluding carboxylic acids is 1. The Morgan fingerprint density at radius 2 is 1.70 bits per heavy atom. The van der Waals surface area contributed by atoms with E-state index in [0.717, 1.165) is 28.4 Å². The number of aromatic nitrogens is 2. The fraction of sp³-hybridized carbons (Fsp3) is 0.812. The van der Waals surface area contributed by atoms with Gasteiger partial charge in [-0.05, 0) is 119 Å². The van der Waals surface area contributed by atoms with Crippen LogP contribution in [0.2, 0.25) is 0 Å². The first kappa shape index (κ1) is 59.8. The third-order valence-electron chi connectivity index (χ3n) is 14.5. The molecule has 3 aliphatic heterocycles. The van der Waals surface area contributed by atoms with E-state index >= 15 is 0 Å². The van der Waals surface area contributed by atoms with E-state index in [2.05, 4.69) is 24.3 Å². The molecule has 22 heteroatoms. The second kappa shape index (κ2) is 25.9. The van der Waals surface area contributed by atoms with Gasteiger partial charge in [-0.2, -0.15) is 8.75 Å². The molecule has 4 heterocycles. The molecule has 2 aromatic rings. The van der Waals surface area contributed by atoms with E-state index in [-0.39, 0.29) is 43.8 Å². The highest BCUT2D eigenvalue weighted by atomic mass is 32.1. The summed E-state index contributed by atoms with van der Waals surface area (Å²) in [6.45, 7) is 18.7. The molecule has 0 amide bonds. The first-order valence-corrected chi connectivity index (χ1v) is 25.5. The number of ether oxygens (including phenoxy) is 6. The van der Waals surface area contributed by atoms with Crippen LogP contribution in [0.5, 0.6) is 0 Å². The minimum atomic E-state index is -1.90. The maximum atomic E-state index is 14.6. The zero-order valence-electron chi connectivity index (χ0n) is 43.2. The number of carboxylic acid groups (broad SMARTS) is 1. The van der Waals surface area contributed by atoms with Crippen molar-refractivity contribution in [1.29, 1.82) is 0 Å². The molecule has 8 N–H and O–H groups in total. The largest absolute Gasteiger partial charge is 0.483 e. The minimum absolute atomic E-state index is 0.107. The first-order chi connectivity index (χ1) is 32.8. The van der Waals surface area contributed by atoms with Crippen LogP contribution in [0.1, 0.15) is 101 Å². The fourth-order valence-electron chi connectivity index (χ4n) is 10.5. The Bertz CT molecular complexity index is 1970. The quantitative estimate of drug-likeness (QED) is 0.0656. The van der Waals surface area contributed by atoms with E-state index in [1.807, 2.05) is 64.9 Å². The van der Waals surface area contributed by atoms with Crippen LogP contribution in [-0.2, 0) is 38.0 Å². The molecule has 0 aliphatic carbocycles. The normalized spacial score (nSPS) is 39.5. The number of thiocarbonyl (C=S) groups is 1. The monoisotopic (exact) mass is 1030 g/mol. The summed E-state index contributed by atoms with van der Waals surface area (Å²) in [5.41, 5.74) is -2.35.